The summed E-state index contributed by atoms with van der Waals surface area (Å²) in [5.74, 6) is 0. The monoisotopic (exact) mass is 569 g/mol. The summed E-state index contributed by atoms with van der Waals surface area (Å²) < 4.78 is 43.8. The maximum Gasteiger partial charge on any atom is 0.319 e. The van der Waals surface area contributed by atoms with Crippen LogP contribution >= 0.6 is 22.9 Å². The minimum atomic E-state index is -2.78. The van der Waals surface area contributed by atoms with Crippen LogP contribution in [0.3, 0.4) is 0 Å². The Morgan fingerprint density at radius 3 is 2.57 bits per heavy atom. The summed E-state index contributed by atoms with van der Waals surface area (Å²) >= 11 is 5.49. The molecule has 5 rings (SSSR count). The summed E-state index contributed by atoms with van der Waals surface area (Å²) in [6.45, 7) is 1.88. The standard InChI is InChI=1S/C21H22ClF2N9O2S2/c1-30(2)20(34)32-7-5-31(6-8-32)13-9-12(37(35)29-21(11-25)3-4-21)10-14-15(13)16(22)28-33(14)19-27-26-18(36-19)17(23)24/h9-10,17,29H,3-8H2,1-2H3. The molecule has 1 saturated carbocycles. The molecule has 3 aromatic rings. The third-order valence-electron chi connectivity index (χ3n) is 6.23. The van der Waals surface area contributed by atoms with E-state index in [-0.39, 0.29) is 16.3 Å². The molecule has 2 aliphatic rings. The van der Waals surface area contributed by atoms with Crippen LogP contribution in [-0.2, 0) is 11.4 Å². The van der Waals surface area contributed by atoms with Gasteiger partial charge in [0.25, 0.3) is 6.43 Å². The fraction of sp³-hybridized carbons (Fsp3) is 0.476. The molecule has 37 heavy (non-hydrogen) atoms. The summed E-state index contributed by atoms with van der Waals surface area (Å²) in [7, 11) is 3.39. The third kappa shape index (κ3) is 4.91. The molecule has 1 N–H and O–H groups in total. The number of hydrogen-bond donors (Lipinski definition) is 1. The highest BCUT2D eigenvalue weighted by Gasteiger charge is 2.48. The number of anilines is 1. The molecule has 2 fully saturated rings. The average molecular weight is 570 g/mol. The van der Waals surface area contributed by atoms with E-state index in [0.29, 0.717) is 71.8 Å². The lowest BCUT2D eigenvalue weighted by Gasteiger charge is -2.37. The topological polar surface area (TPSA) is 129 Å². The van der Waals surface area contributed by atoms with E-state index in [1.807, 2.05) is 4.90 Å². The molecule has 1 aromatic carbocycles. The molecule has 11 nitrogen and oxygen atoms in total. The van der Waals surface area contributed by atoms with Crippen LogP contribution in [0.1, 0.15) is 24.3 Å². The zero-order valence-electron chi connectivity index (χ0n) is 19.8. The van der Waals surface area contributed by atoms with Crippen molar-refractivity contribution in [2.45, 2.75) is 29.7 Å². The van der Waals surface area contributed by atoms with Gasteiger partial charge in [-0.3, -0.25) is 0 Å². The smallest absolute Gasteiger partial charge is 0.319 e. The third-order valence-corrected chi connectivity index (χ3v) is 8.64. The number of benzene rings is 1. The minimum Gasteiger partial charge on any atom is -0.593 e. The predicted octanol–water partition coefficient (Wildman–Crippen LogP) is 2.94. The number of carbonyl (C=O) groups excluding carboxylic acids is 1. The molecular formula is C21H22ClF2N9O2S2. The van der Waals surface area contributed by atoms with Crippen LogP contribution in [-0.4, -0.2) is 86.2 Å². The highest BCUT2D eigenvalue weighted by molar-refractivity contribution is 7.89. The molecule has 2 aromatic heterocycles. The molecule has 3 heterocycles. The number of hydrogen-bond acceptors (Lipinski definition) is 9. The maximum atomic E-state index is 13.3. The number of nitrogens with one attached hydrogen (secondary N) is 1. The number of urea groups is 1. The lowest BCUT2D eigenvalue weighted by Crippen LogP contribution is -2.51. The number of piperazine rings is 1. The van der Waals surface area contributed by atoms with E-state index in [2.05, 4.69) is 26.1 Å². The van der Waals surface area contributed by atoms with Gasteiger partial charge in [0.1, 0.15) is 5.54 Å². The Hall–Kier alpha value is -2.77. The van der Waals surface area contributed by atoms with Gasteiger partial charge in [0.05, 0.1) is 34.0 Å². The van der Waals surface area contributed by atoms with Crippen LogP contribution in [0.15, 0.2) is 17.0 Å². The highest BCUT2D eigenvalue weighted by Crippen LogP contribution is 2.40. The molecule has 0 radical (unpaired) electrons. The summed E-state index contributed by atoms with van der Waals surface area (Å²) in [6.07, 6.45) is -1.60. The molecule has 1 atom stereocenters. The van der Waals surface area contributed by atoms with Crippen molar-refractivity contribution in [2.75, 3.05) is 45.2 Å². The van der Waals surface area contributed by atoms with Gasteiger partial charge < -0.3 is 19.3 Å². The Morgan fingerprint density at radius 2 is 2.00 bits per heavy atom. The number of nitriles is 1. The molecule has 1 saturated heterocycles. The van der Waals surface area contributed by atoms with Crippen molar-refractivity contribution in [3.05, 3.63) is 22.3 Å². The highest BCUT2D eigenvalue weighted by atomic mass is 35.5. The Balaban J connectivity index is 1.57. The Bertz CT molecular complexity index is 1380. The second kappa shape index (κ2) is 9.84. The van der Waals surface area contributed by atoms with Crippen LogP contribution in [0.2, 0.25) is 5.15 Å². The van der Waals surface area contributed by atoms with Gasteiger partial charge in [-0.25, -0.2) is 18.3 Å². The van der Waals surface area contributed by atoms with Gasteiger partial charge in [-0.05, 0) is 12.8 Å². The molecule has 0 bridgehead atoms. The van der Waals surface area contributed by atoms with Crippen molar-refractivity contribution in [3.8, 4) is 11.2 Å². The van der Waals surface area contributed by atoms with E-state index in [1.54, 1.807) is 31.1 Å². The lowest BCUT2D eigenvalue weighted by atomic mass is 10.1. The first-order valence-electron chi connectivity index (χ1n) is 11.3. The van der Waals surface area contributed by atoms with Crippen molar-refractivity contribution in [1.29, 1.82) is 5.26 Å². The number of nitrogens with zero attached hydrogens (tertiary/aromatic N) is 8. The SMILES string of the molecule is CN(C)C(=O)N1CCN(c2cc([S+]([O-])NC3(C#N)CC3)cc3c2c(Cl)nn3-c2nnc(C(F)F)s2)CC1. The zero-order valence-corrected chi connectivity index (χ0v) is 22.2. The van der Waals surface area contributed by atoms with Crippen LogP contribution in [0.4, 0.5) is 19.3 Å². The number of amides is 2. The van der Waals surface area contributed by atoms with Crippen molar-refractivity contribution in [1.82, 2.24) is 34.5 Å². The Labute approximate surface area is 222 Å². The molecule has 2 amide bonds. The molecule has 196 valence electrons. The second-order valence-electron chi connectivity index (χ2n) is 8.98. The van der Waals surface area contributed by atoms with Gasteiger partial charge in [0.15, 0.2) is 15.1 Å². The largest absolute Gasteiger partial charge is 0.593 e. The number of carbonyl (C=O) groups is 1. The fourth-order valence-corrected chi connectivity index (χ4v) is 6.17. The van der Waals surface area contributed by atoms with E-state index in [0.717, 1.165) is 0 Å². The van der Waals surface area contributed by atoms with Crippen molar-refractivity contribution in [2.24, 2.45) is 0 Å². The molecule has 1 aliphatic carbocycles. The average Bonchev–Trinajstić information content (AvgIpc) is 3.32. The number of alkyl halides is 2. The van der Waals surface area contributed by atoms with Gasteiger partial charge in [0.2, 0.25) is 5.13 Å². The Kier molecular flexibility index (Phi) is 6.88. The predicted molar refractivity (Wildman–Crippen MR) is 134 cm³/mol. The van der Waals surface area contributed by atoms with Crippen LogP contribution in [0.25, 0.3) is 16.0 Å². The van der Waals surface area contributed by atoms with Crippen molar-refractivity contribution < 1.29 is 18.1 Å². The van der Waals surface area contributed by atoms with E-state index in [4.69, 9.17) is 11.6 Å². The van der Waals surface area contributed by atoms with Crippen LogP contribution < -0.4 is 9.62 Å². The van der Waals surface area contributed by atoms with Gasteiger partial charge in [-0.2, -0.15) is 10.4 Å². The van der Waals surface area contributed by atoms with E-state index < -0.39 is 28.3 Å². The fourth-order valence-electron chi connectivity index (χ4n) is 4.08. The normalized spacial score (nSPS) is 17.8. The van der Waals surface area contributed by atoms with Crippen LogP contribution in [0.5, 0.6) is 0 Å². The molecule has 1 aliphatic heterocycles. The summed E-state index contributed by atoms with van der Waals surface area (Å²) in [4.78, 5) is 18.0. The second-order valence-corrected chi connectivity index (χ2v) is 11.5. The minimum absolute atomic E-state index is 0.0890. The molecule has 0 spiro atoms. The molecule has 16 heteroatoms. The van der Waals surface area contributed by atoms with Gasteiger partial charge in [0, 0.05) is 52.4 Å². The summed E-state index contributed by atoms with van der Waals surface area (Å²) in [6, 6.07) is 5.40. The summed E-state index contributed by atoms with van der Waals surface area (Å²) in [5, 5.41) is 21.4. The quantitative estimate of drug-likeness (QED) is 0.449. The van der Waals surface area contributed by atoms with E-state index >= 15 is 0 Å². The lowest BCUT2D eigenvalue weighted by molar-refractivity contribution is 0.150. The van der Waals surface area contributed by atoms with Gasteiger partial charge >= 0.3 is 6.03 Å². The van der Waals surface area contributed by atoms with E-state index in [1.165, 1.54) is 9.58 Å². The first kappa shape index (κ1) is 25.9. The first-order valence-corrected chi connectivity index (χ1v) is 13.6. The van der Waals surface area contributed by atoms with Crippen molar-refractivity contribution >= 4 is 56.9 Å². The van der Waals surface area contributed by atoms with Crippen molar-refractivity contribution in [3.63, 3.8) is 0 Å². The van der Waals surface area contributed by atoms with Gasteiger partial charge in [-0.15, -0.1) is 14.9 Å². The number of fused-ring (bicyclic) bond motifs is 1. The maximum absolute atomic E-state index is 13.3. The molecule has 1 unspecified atom stereocenters. The number of aromatic nitrogens is 4. The van der Waals surface area contributed by atoms with Gasteiger partial charge in [-0.1, -0.05) is 22.9 Å². The summed E-state index contributed by atoms with van der Waals surface area (Å²) in [5.41, 5.74) is 0.219. The number of halogens is 3. The van der Waals surface area contributed by atoms with Crippen LogP contribution in [0, 0.1) is 11.3 Å². The molecular weight excluding hydrogens is 548 g/mol. The first-order chi connectivity index (χ1) is 17.6. The zero-order chi connectivity index (χ0) is 26.5. The number of rotatable bonds is 6. The van der Waals surface area contributed by atoms with E-state index in [9.17, 15) is 23.4 Å². The Morgan fingerprint density at radius 1 is 1.30 bits per heavy atom.